The summed E-state index contributed by atoms with van der Waals surface area (Å²) >= 11 is 0. The molecular formula is C40H40N2. The fraction of sp³-hybridized carbons (Fsp3) is 0.150. The molecule has 2 aromatic heterocycles. The standard InChI is InChI=1S/C38H34N2.C2H6/c1-4-6-25-35-28(3)33-24-15-17-29(38(33)40(35)31-21-11-8-12-22-31)18-16-27-36-32(5-2)34-23-13-14-26-37(34)39(36)30-19-9-7-10-20-30;1-2/h4,6-17,19-27H,1,5,18H2,2-3H3;1-2H3/b25-6-,27-16-;. The quantitative estimate of drug-likeness (QED) is 0.167. The molecule has 2 nitrogen and oxygen atoms in total. The summed E-state index contributed by atoms with van der Waals surface area (Å²) in [5.74, 6) is 0. The highest BCUT2D eigenvalue weighted by Gasteiger charge is 2.17. The summed E-state index contributed by atoms with van der Waals surface area (Å²) in [7, 11) is 0. The van der Waals surface area contributed by atoms with Gasteiger partial charge in [-0.1, -0.05) is 118 Å². The molecule has 6 aromatic rings. The van der Waals surface area contributed by atoms with E-state index < -0.39 is 0 Å². The van der Waals surface area contributed by atoms with Gasteiger partial charge in [0.2, 0.25) is 0 Å². The lowest BCUT2D eigenvalue weighted by Gasteiger charge is -2.12. The topological polar surface area (TPSA) is 9.86 Å². The van der Waals surface area contributed by atoms with Crippen molar-refractivity contribution in [3.63, 3.8) is 0 Å². The first-order chi connectivity index (χ1) is 20.7. The Morgan fingerprint density at radius 3 is 1.95 bits per heavy atom. The van der Waals surface area contributed by atoms with Gasteiger partial charge in [-0.05, 0) is 78.9 Å². The number of para-hydroxylation sites is 4. The van der Waals surface area contributed by atoms with Crippen molar-refractivity contribution in [1.82, 2.24) is 9.13 Å². The molecule has 0 aliphatic carbocycles. The number of hydrogen-bond acceptors (Lipinski definition) is 0. The van der Waals surface area contributed by atoms with Gasteiger partial charge < -0.3 is 9.13 Å². The first kappa shape index (κ1) is 28.7. The smallest absolute Gasteiger partial charge is 0.0572 e. The predicted octanol–water partition coefficient (Wildman–Crippen LogP) is 10.9. The molecule has 0 aliphatic heterocycles. The maximum absolute atomic E-state index is 3.90. The third kappa shape index (κ3) is 5.29. The Morgan fingerprint density at radius 1 is 0.667 bits per heavy atom. The van der Waals surface area contributed by atoms with E-state index >= 15 is 0 Å². The van der Waals surface area contributed by atoms with Gasteiger partial charge in [-0.2, -0.15) is 0 Å². The summed E-state index contributed by atoms with van der Waals surface area (Å²) in [6.07, 6.45) is 12.5. The molecule has 0 N–H and O–H groups in total. The Bertz CT molecular complexity index is 1860. The molecule has 0 radical (unpaired) electrons. The van der Waals surface area contributed by atoms with Gasteiger partial charge in [0.25, 0.3) is 0 Å². The molecule has 2 heteroatoms. The molecule has 0 saturated carbocycles. The molecule has 0 atom stereocenters. The monoisotopic (exact) mass is 548 g/mol. The Labute approximate surface area is 250 Å². The van der Waals surface area contributed by atoms with Crippen molar-refractivity contribution in [2.45, 2.75) is 40.5 Å². The van der Waals surface area contributed by atoms with E-state index in [4.69, 9.17) is 0 Å². The molecule has 0 bridgehead atoms. The normalized spacial score (nSPS) is 11.4. The molecule has 0 aliphatic rings. The highest BCUT2D eigenvalue weighted by molar-refractivity contribution is 5.93. The number of fused-ring (bicyclic) bond motifs is 2. The van der Waals surface area contributed by atoms with Crippen LogP contribution < -0.4 is 0 Å². The third-order valence-corrected chi connectivity index (χ3v) is 7.78. The first-order valence-electron chi connectivity index (χ1n) is 15.0. The highest BCUT2D eigenvalue weighted by atomic mass is 15.0. The van der Waals surface area contributed by atoms with E-state index in [-0.39, 0.29) is 0 Å². The van der Waals surface area contributed by atoms with Crippen molar-refractivity contribution < 1.29 is 0 Å². The van der Waals surface area contributed by atoms with E-state index in [1.807, 2.05) is 26.0 Å². The number of aryl methyl sites for hydroxylation is 2. The van der Waals surface area contributed by atoms with Crippen LogP contribution in [0.25, 0.3) is 45.3 Å². The van der Waals surface area contributed by atoms with Gasteiger partial charge in [-0.3, -0.25) is 0 Å². The van der Waals surface area contributed by atoms with Crippen LogP contribution in [0, 0.1) is 6.92 Å². The minimum atomic E-state index is 0.831. The summed E-state index contributed by atoms with van der Waals surface area (Å²) in [6.45, 7) is 12.4. The lowest BCUT2D eigenvalue weighted by atomic mass is 10.0. The second-order valence-electron chi connectivity index (χ2n) is 10.1. The molecule has 6 rings (SSSR count). The number of benzene rings is 4. The number of allylic oxidation sites excluding steroid dienone is 3. The van der Waals surface area contributed by atoms with Crippen molar-refractivity contribution in [3.05, 3.63) is 156 Å². The molecule has 0 spiro atoms. The average molecular weight is 549 g/mol. The fourth-order valence-corrected chi connectivity index (χ4v) is 5.98. The van der Waals surface area contributed by atoms with E-state index in [1.54, 1.807) is 0 Å². The lowest BCUT2D eigenvalue weighted by molar-refractivity contribution is 1.06. The summed E-state index contributed by atoms with van der Waals surface area (Å²) in [6, 6.07) is 36.8. The zero-order chi connectivity index (χ0) is 29.5. The Morgan fingerprint density at radius 2 is 1.29 bits per heavy atom. The van der Waals surface area contributed by atoms with Crippen molar-refractivity contribution in [2.75, 3.05) is 0 Å². The number of rotatable bonds is 8. The summed E-state index contributed by atoms with van der Waals surface area (Å²) in [5.41, 5.74) is 11.3. The van der Waals surface area contributed by atoms with Gasteiger partial charge in [-0.25, -0.2) is 0 Å². The lowest BCUT2D eigenvalue weighted by Crippen LogP contribution is -1.99. The van der Waals surface area contributed by atoms with Gasteiger partial charge in [0.1, 0.15) is 0 Å². The second-order valence-corrected chi connectivity index (χ2v) is 10.1. The van der Waals surface area contributed by atoms with Gasteiger partial charge in [0.15, 0.2) is 0 Å². The summed E-state index contributed by atoms with van der Waals surface area (Å²) in [4.78, 5) is 0. The van der Waals surface area contributed by atoms with E-state index in [9.17, 15) is 0 Å². The Kier molecular flexibility index (Phi) is 9.04. The van der Waals surface area contributed by atoms with Gasteiger partial charge >= 0.3 is 0 Å². The van der Waals surface area contributed by atoms with Crippen LogP contribution in [-0.4, -0.2) is 9.13 Å². The molecule has 0 unspecified atom stereocenters. The van der Waals surface area contributed by atoms with E-state index in [2.05, 4.69) is 151 Å². The Hall–Kier alpha value is -4.82. The summed E-state index contributed by atoms with van der Waals surface area (Å²) in [5, 5.41) is 2.61. The molecule has 2 heterocycles. The summed E-state index contributed by atoms with van der Waals surface area (Å²) < 4.78 is 4.80. The van der Waals surface area contributed by atoms with Crippen LogP contribution in [0.2, 0.25) is 0 Å². The largest absolute Gasteiger partial charge is 0.310 e. The van der Waals surface area contributed by atoms with Crippen LogP contribution in [0.1, 0.15) is 48.8 Å². The minimum Gasteiger partial charge on any atom is -0.310 e. The van der Waals surface area contributed by atoms with Crippen molar-refractivity contribution in [1.29, 1.82) is 0 Å². The van der Waals surface area contributed by atoms with Crippen molar-refractivity contribution in [3.8, 4) is 11.4 Å². The van der Waals surface area contributed by atoms with Crippen LogP contribution >= 0.6 is 0 Å². The van der Waals surface area contributed by atoms with Crippen LogP contribution in [0.3, 0.4) is 0 Å². The fourth-order valence-electron chi connectivity index (χ4n) is 5.98. The van der Waals surface area contributed by atoms with E-state index in [0.29, 0.717) is 0 Å². The van der Waals surface area contributed by atoms with Crippen molar-refractivity contribution >= 4 is 34.0 Å². The molecule has 4 aromatic carbocycles. The second kappa shape index (κ2) is 13.2. The SMILES string of the molecule is C=C/C=C\c1c(C)c2cccc(C/C=C\c3c(CC)c4ccccc4n3-c3ccccc3)c2n1-c1ccccc1.CC. The van der Waals surface area contributed by atoms with Gasteiger partial charge in [0, 0.05) is 33.5 Å². The van der Waals surface area contributed by atoms with Crippen LogP contribution in [0.15, 0.2) is 128 Å². The minimum absolute atomic E-state index is 0.831. The molecule has 0 fully saturated rings. The molecule has 0 amide bonds. The third-order valence-electron chi connectivity index (χ3n) is 7.78. The van der Waals surface area contributed by atoms with Crippen molar-refractivity contribution in [2.24, 2.45) is 0 Å². The van der Waals surface area contributed by atoms with E-state index in [1.165, 1.54) is 61.3 Å². The molecule has 210 valence electrons. The zero-order valence-electron chi connectivity index (χ0n) is 25.2. The number of aromatic nitrogens is 2. The average Bonchev–Trinajstić information content (AvgIpc) is 3.53. The Balaban J connectivity index is 0.00000173. The van der Waals surface area contributed by atoms with Crippen LogP contribution in [-0.2, 0) is 12.8 Å². The van der Waals surface area contributed by atoms with Gasteiger partial charge in [-0.15, -0.1) is 0 Å². The highest BCUT2D eigenvalue weighted by Crippen LogP contribution is 2.34. The predicted molar refractivity (Wildman–Crippen MR) is 184 cm³/mol. The van der Waals surface area contributed by atoms with Crippen LogP contribution in [0.4, 0.5) is 0 Å². The zero-order valence-corrected chi connectivity index (χ0v) is 25.2. The first-order valence-corrected chi connectivity index (χ1v) is 15.0. The van der Waals surface area contributed by atoms with Gasteiger partial charge in [0.05, 0.1) is 11.0 Å². The molecule has 42 heavy (non-hydrogen) atoms. The number of nitrogens with zero attached hydrogens (tertiary/aromatic N) is 2. The van der Waals surface area contributed by atoms with Crippen LogP contribution in [0.5, 0.6) is 0 Å². The molecular weight excluding hydrogens is 508 g/mol. The maximum Gasteiger partial charge on any atom is 0.0572 e. The molecule has 0 saturated heterocycles. The van der Waals surface area contributed by atoms with E-state index in [0.717, 1.165) is 12.8 Å². The number of hydrogen-bond donors (Lipinski definition) is 0. The maximum atomic E-state index is 3.90.